The Morgan fingerprint density at radius 2 is 0.842 bits per heavy atom. The van der Waals surface area contributed by atoms with Crippen molar-refractivity contribution >= 4 is 11.1 Å². The van der Waals surface area contributed by atoms with Crippen molar-refractivity contribution in [1.29, 1.82) is 21.0 Å². The Bertz CT molecular complexity index is 1540. The van der Waals surface area contributed by atoms with Gasteiger partial charge in [-0.15, -0.1) is 0 Å². The van der Waals surface area contributed by atoms with Crippen LogP contribution in [0.2, 0.25) is 0 Å². The van der Waals surface area contributed by atoms with E-state index in [1.54, 1.807) is 0 Å². The summed E-state index contributed by atoms with van der Waals surface area (Å²) in [7, 11) is 0. The minimum absolute atomic E-state index is 0.453. The van der Waals surface area contributed by atoms with E-state index in [4.69, 9.17) is 9.47 Å². The van der Waals surface area contributed by atoms with E-state index < -0.39 is 68.1 Å². The fraction of sp³-hybridized carbons (Fsp3) is 0.0769. The molecule has 0 spiro atoms. The summed E-state index contributed by atoms with van der Waals surface area (Å²) >= 11 is 0. The Hall–Kier alpha value is -5.46. The number of alkyl halides is 6. The summed E-state index contributed by atoms with van der Waals surface area (Å²) in [5.74, 6) is -2.61. The highest BCUT2D eigenvalue weighted by atomic mass is 19.4. The van der Waals surface area contributed by atoms with Gasteiger partial charge in [0, 0.05) is 10.4 Å². The molecule has 0 unspecified atom stereocenters. The largest absolute Gasteiger partial charge is 0.456 e. The smallest absolute Gasteiger partial charge is 0.419 e. The summed E-state index contributed by atoms with van der Waals surface area (Å²) in [4.78, 5) is 0. The van der Waals surface area contributed by atoms with Crippen molar-refractivity contribution in [3.63, 3.8) is 0 Å². The quantitative estimate of drug-likeness (QED) is 0.405. The number of nitrogens with zero attached hydrogens (tertiary/aromatic N) is 4. The first-order valence-corrected chi connectivity index (χ1v) is 10.2. The van der Waals surface area contributed by atoms with Gasteiger partial charge in [0.1, 0.15) is 58.4 Å². The highest BCUT2D eigenvalue weighted by molar-refractivity contribution is 5.77. The Balaban J connectivity index is 2.41. The molecular weight excluding hydrogens is 514 g/mol. The van der Waals surface area contributed by atoms with Crippen LogP contribution in [0, 0.1) is 45.3 Å². The van der Waals surface area contributed by atoms with Gasteiger partial charge in [-0.05, 0) is 36.4 Å². The summed E-state index contributed by atoms with van der Waals surface area (Å²) in [5.41, 5.74) is -3.82. The van der Waals surface area contributed by atoms with Crippen LogP contribution in [-0.4, -0.2) is 0 Å². The van der Waals surface area contributed by atoms with E-state index in [0.29, 0.717) is 12.1 Å². The number of hydrogen-bond acceptors (Lipinski definition) is 6. The summed E-state index contributed by atoms with van der Waals surface area (Å²) in [6, 6.07) is 15.7. The molecule has 0 fully saturated rings. The van der Waals surface area contributed by atoms with Gasteiger partial charge in [-0.2, -0.15) is 47.4 Å². The lowest BCUT2D eigenvalue weighted by Gasteiger charge is -2.16. The molecule has 0 aliphatic rings. The number of hydrogen-bond donors (Lipinski definition) is 0. The molecule has 3 aromatic rings. The second-order valence-corrected chi connectivity index (χ2v) is 7.23. The normalized spacial score (nSPS) is 10.8. The first kappa shape index (κ1) is 27.1. The highest BCUT2D eigenvalue weighted by Gasteiger charge is 2.35. The van der Waals surface area contributed by atoms with Crippen LogP contribution in [0.3, 0.4) is 0 Å². The Kier molecular flexibility index (Phi) is 7.61. The predicted molar refractivity (Wildman–Crippen MR) is 118 cm³/mol. The van der Waals surface area contributed by atoms with E-state index in [9.17, 15) is 47.4 Å². The van der Waals surface area contributed by atoms with Gasteiger partial charge >= 0.3 is 12.4 Å². The van der Waals surface area contributed by atoms with Gasteiger partial charge in [-0.25, -0.2) is 0 Å². The fourth-order valence-corrected chi connectivity index (χ4v) is 3.23. The van der Waals surface area contributed by atoms with Crippen molar-refractivity contribution in [2.45, 2.75) is 12.4 Å². The van der Waals surface area contributed by atoms with Crippen molar-refractivity contribution < 1.29 is 35.8 Å². The number of benzene rings is 3. The lowest BCUT2D eigenvalue weighted by molar-refractivity contribution is -0.139. The molecule has 0 saturated heterocycles. The van der Waals surface area contributed by atoms with Crippen molar-refractivity contribution in [2.75, 3.05) is 0 Å². The first-order valence-electron chi connectivity index (χ1n) is 10.2. The van der Waals surface area contributed by atoms with E-state index in [1.165, 1.54) is 36.4 Å². The number of para-hydroxylation sites is 2. The summed E-state index contributed by atoms with van der Waals surface area (Å²) in [6.07, 6.45) is -9.73. The van der Waals surface area contributed by atoms with Crippen LogP contribution in [0.4, 0.5) is 26.3 Å². The first-order chi connectivity index (χ1) is 17.9. The van der Waals surface area contributed by atoms with Crippen LogP contribution in [0.1, 0.15) is 11.1 Å². The molecule has 0 bridgehead atoms. The topological polar surface area (TPSA) is 114 Å². The third kappa shape index (κ3) is 5.67. The molecule has 38 heavy (non-hydrogen) atoms. The number of halogens is 6. The molecule has 0 aliphatic carbocycles. The van der Waals surface area contributed by atoms with Crippen LogP contribution in [-0.2, 0) is 12.4 Å². The third-order valence-corrected chi connectivity index (χ3v) is 4.89. The minimum atomic E-state index is -4.86. The molecule has 0 heterocycles. The molecule has 0 radical (unpaired) electrons. The molecule has 188 valence electrons. The van der Waals surface area contributed by atoms with E-state index in [2.05, 4.69) is 0 Å². The van der Waals surface area contributed by atoms with Crippen molar-refractivity contribution in [3.8, 4) is 47.3 Å². The van der Waals surface area contributed by atoms with Crippen molar-refractivity contribution in [2.24, 2.45) is 0 Å². The average Bonchev–Trinajstić information content (AvgIpc) is 2.87. The summed E-state index contributed by atoms with van der Waals surface area (Å²) in [6.45, 7) is 0. The monoisotopic (exact) mass is 524 g/mol. The van der Waals surface area contributed by atoms with Gasteiger partial charge in [0.15, 0.2) is 0 Å². The number of nitriles is 4. The molecule has 3 rings (SSSR count). The van der Waals surface area contributed by atoms with E-state index >= 15 is 0 Å². The Labute approximate surface area is 210 Å². The Morgan fingerprint density at radius 3 is 1.13 bits per heavy atom. The predicted octanol–water partition coefficient (Wildman–Crippen LogP) is 5.70. The summed E-state index contributed by atoms with van der Waals surface area (Å²) < 4.78 is 91.9. The molecule has 0 amide bonds. The van der Waals surface area contributed by atoms with Crippen LogP contribution in [0.5, 0.6) is 23.0 Å². The molecule has 3 aromatic carbocycles. The van der Waals surface area contributed by atoms with Gasteiger partial charge in [0.2, 0.25) is 0 Å². The van der Waals surface area contributed by atoms with Crippen LogP contribution >= 0.6 is 0 Å². The highest BCUT2D eigenvalue weighted by Crippen LogP contribution is 2.39. The standard InChI is InChI=1S/C26H10F6N4O2/c27-25(28,29)19-5-1-3-7-21(19)37-23-9-18(16(13-35)14-36)24(10-17(23)15(11-33)12-34)38-22-8-4-2-6-20(22)26(30,31)32/h1-10H. The van der Waals surface area contributed by atoms with Crippen LogP contribution in [0.15, 0.2) is 60.7 Å². The lowest BCUT2D eigenvalue weighted by atomic mass is 10.1. The van der Waals surface area contributed by atoms with Gasteiger partial charge < -0.3 is 9.47 Å². The summed E-state index contributed by atoms with van der Waals surface area (Å²) in [5, 5.41) is 36.7. The molecule has 0 aliphatic heterocycles. The fourth-order valence-electron chi connectivity index (χ4n) is 3.23. The number of rotatable bonds is 4. The van der Waals surface area contributed by atoms with E-state index in [1.807, 2.05) is 0 Å². The number of ether oxygens (including phenoxy) is 2. The maximum atomic E-state index is 13.5. The Morgan fingerprint density at radius 1 is 0.526 bits per heavy atom. The van der Waals surface area contributed by atoms with Gasteiger partial charge in [0.05, 0.1) is 11.1 Å². The maximum Gasteiger partial charge on any atom is 0.419 e. The van der Waals surface area contributed by atoms with Crippen molar-refractivity contribution in [3.05, 3.63) is 82.2 Å². The second kappa shape index (κ2) is 10.7. The maximum absolute atomic E-state index is 13.5. The molecular formula is C26H10F6N4O2. The molecule has 0 aromatic heterocycles. The van der Waals surface area contributed by atoms with Gasteiger partial charge in [-0.3, -0.25) is 0 Å². The van der Waals surface area contributed by atoms with Crippen LogP contribution in [0.25, 0.3) is 11.1 Å². The zero-order valence-electron chi connectivity index (χ0n) is 18.6. The minimum Gasteiger partial charge on any atom is -0.456 e. The second-order valence-electron chi connectivity index (χ2n) is 7.23. The lowest BCUT2D eigenvalue weighted by Crippen LogP contribution is -2.19. The SMILES string of the molecule is N#CC(C#N)=c1cc(Oc2ccccc2C(F)(F)F)c(=C(C#N)C#N)cc1Oc1ccccc1C(F)(F)F. The molecule has 12 heteroatoms. The third-order valence-electron chi connectivity index (χ3n) is 4.89. The van der Waals surface area contributed by atoms with Gasteiger partial charge in [0.25, 0.3) is 0 Å². The molecule has 0 saturated carbocycles. The van der Waals surface area contributed by atoms with Crippen LogP contribution < -0.4 is 19.9 Å². The van der Waals surface area contributed by atoms with Gasteiger partial charge in [-0.1, -0.05) is 24.3 Å². The van der Waals surface area contributed by atoms with E-state index in [-0.39, 0.29) is 0 Å². The molecule has 0 N–H and O–H groups in total. The molecule has 0 atom stereocenters. The van der Waals surface area contributed by atoms with Crippen molar-refractivity contribution in [1.82, 2.24) is 0 Å². The molecule has 6 nitrogen and oxygen atoms in total. The zero-order chi connectivity index (χ0) is 28.1. The average molecular weight is 524 g/mol. The van der Waals surface area contributed by atoms with E-state index in [0.717, 1.165) is 36.4 Å². The zero-order valence-corrected chi connectivity index (χ0v) is 18.6.